The highest BCUT2D eigenvalue weighted by atomic mass is 15.1. The predicted octanol–water partition coefficient (Wildman–Crippen LogP) is 4.03. The van der Waals surface area contributed by atoms with Crippen LogP contribution in [0.25, 0.3) is 0 Å². The van der Waals surface area contributed by atoms with Gasteiger partial charge in [0.2, 0.25) is 0 Å². The Morgan fingerprint density at radius 1 is 1.11 bits per heavy atom. The Labute approximate surface area is 110 Å². The standard InChI is InChI=1S/C16H22N2/c1-14(2)16-17-11-13-18(16)12-7-6-10-15-8-4-3-5-9-15/h3-5,8-9,11,13-14H,6-7,10,12H2,1-2H3. The fourth-order valence-electron chi connectivity index (χ4n) is 2.27. The molecule has 0 saturated carbocycles. The van der Waals surface area contributed by atoms with Crippen LogP contribution in [0.5, 0.6) is 0 Å². The van der Waals surface area contributed by atoms with E-state index in [1.54, 1.807) is 0 Å². The van der Waals surface area contributed by atoms with E-state index in [1.807, 2.05) is 6.20 Å². The summed E-state index contributed by atoms with van der Waals surface area (Å²) in [5.74, 6) is 1.71. The van der Waals surface area contributed by atoms with Gasteiger partial charge in [-0.3, -0.25) is 0 Å². The Bertz CT molecular complexity index is 457. The Morgan fingerprint density at radius 2 is 1.89 bits per heavy atom. The molecule has 0 amide bonds. The molecule has 0 fully saturated rings. The molecule has 2 aromatic rings. The van der Waals surface area contributed by atoms with Gasteiger partial charge in [-0.15, -0.1) is 0 Å². The smallest absolute Gasteiger partial charge is 0.111 e. The van der Waals surface area contributed by atoms with Crippen LogP contribution >= 0.6 is 0 Å². The Morgan fingerprint density at radius 3 is 2.61 bits per heavy atom. The molecule has 96 valence electrons. The molecule has 1 aromatic heterocycles. The molecular weight excluding hydrogens is 220 g/mol. The predicted molar refractivity (Wildman–Crippen MR) is 75.7 cm³/mol. The van der Waals surface area contributed by atoms with E-state index in [2.05, 4.69) is 59.9 Å². The molecule has 0 aliphatic heterocycles. The van der Waals surface area contributed by atoms with Crippen molar-refractivity contribution in [1.82, 2.24) is 9.55 Å². The molecule has 0 spiro atoms. The Kier molecular flexibility index (Phi) is 4.57. The van der Waals surface area contributed by atoms with Gasteiger partial charge in [-0.1, -0.05) is 44.2 Å². The molecule has 0 atom stereocenters. The van der Waals surface area contributed by atoms with Crippen molar-refractivity contribution in [3.05, 3.63) is 54.1 Å². The summed E-state index contributed by atoms with van der Waals surface area (Å²) in [7, 11) is 0. The quantitative estimate of drug-likeness (QED) is 0.699. The third-order valence-electron chi connectivity index (χ3n) is 3.22. The minimum atomic E-state index is 0.508. The molecule has 0 bridgehead atoms. The van der Waals surface area contributed by atoms with Crippen LogP contribution in [0.15, 0.2) is 42.7 Å². The van der Waals surface area contributed by atoms with Crippen molar-refractivity contribution in [1.29, 1.82) is 0 Å². The van der Waals surface area contributed by atoms with E-state index in [1.165, 1.54) is 30.7 Å². The fraction of sp³-hybridized carbons (Fsp3) is 0.438. The maximum atomic E-state index is 4.42. The van der Waals surface area contributed by atoms with Gasteiger partial charge in [0.25, 0.3) is 0 Å². The first-order chi connectivity index (χ1) is 8.77. The van der Waals surface area contributed by atoms with Crippen LogP contribution in [0.2, 0.25) is 0 Å². The maximum Gasteiger partial charge on any atom is 0.111 e. The summed E-state index contributed by atoms with van der Waals surface area (Å²) in [6.45, 7) is 5.48. The summed E-state index contributed by atoms with van der Waals surface area (Å²) in [5.41, 5.74) is 1.44. The fourth-order valence-corrected chi connectivity index (χ4v) is 2.27. The van der Waals surface area contributed by atoms with Crippen molar-refractivity contribution < 1.29 is 0 Å². The summed E-state index contributed by atoms with van der Waals surface area (Å²) in [6, 6.07) is 10.7. The number of hydrogen-bond acceptors (Lipinski definition) is 1. The molecule has 0 aliphatic rings. The number of nitrogens with zero attached hydrogens (tertiary/aromatic N) is 2. The second-order valence-electron chi connectivity index (χ2n) is 5.08. The summed E-state index contributed by atoms with van der Waals surface area (Å²) in [6.07, 6.45) is 7.63. The normalized spacial score (nSPS) is 11.1. The zero-order chi connectivity index (χ0) is 12.8. The molecule has 0 unspecified atom stereocenters. The molecule has 0 radical (unpaired) electrons. The van der Waals surface area contributed by atoms with Crippen molar-refractivity contribution in [2.75, 3.05) is 0 Å². The van der Waals surface area contributed by atoms with Crippen molar-refractivity contribution in [3.8, 4) is 0 Å². The monoisotopic (exact) mass is 242 g/mol. The number of aromatic nitrogens is 2. The highest BCUT2D eigenvalue weighted by Gasteiger charge is 2.06. The van der Waals surface area contributed by atoms with Gasteiger partial charge in [0.05, 0.1) is 0 Å². The largest absolute Gasteiger partial charge is 0.335 e. The van der Waals surface area contributed by atoms with Gasteiger partial charge in [0.15, 0.2) is 0 Å². The van der Waals surface area contributed by atoms with E-state index in [9.17, 15) is 0 Å². The van der Waals surface area contributed by atoms with Gasteiger partial charge in [0.1, 0.15) is 5.82 Å². The lowest BCUT2D eigenvalue weighted by atomic mass is 10.1. The number of rotatable bonds is 6. The zero-order valence-electron chi connectivity index (χ0n) is 11.3. The highest BCUT2D eigenvalue weighted by Crippen LogP contribution is 2.13. The van der Waals surface area contributed by atoms with Gasteiger partial charge in [-0.05, 0) is 24.8 Å². The van der Waals surface area contributed by atoms with Crippen molar-refractivity contribution in [3.63, 3.8) is 0 Å². The molecular formula is C16H22N2. The van der Waals surface area contributed by atoms with E-state index >= 15 is 0 Å². The van der Waals surface area contributed by atoms with Crippen LogP contribution in [0.1, 0.15) is 44.0 Å². The Hall–Kier alpha value is -1.57. The van der Waals surface area contributed by atoms with Crippen molar-refractivity contribution in [2.24, 2.45) is 0 Å². The van der Waals surface area contributed by atoms with Gasteiger partial charge in [-0.25, -0.2) is 4.98 Å². The molecule has 2 heteroatoms. The number of hydrogen-bond donors (Lipinski definition) is 0. The average Bonchev–Trinajstić information content (AvgIpc) is 2.84. The summed E-state index contributed by atoms with van der Waals surface area (Å²) >= 11 is 0. The van der Waals surface area contributed by atoms with Crippen LogP contribution in [0, 0.1) is 0 Å². The van der Waals surface area contributed by atoms with Gasteiger partial charge in [-0.2, -0.15) is 0 Å². The molecule has 1 aromatic carbocycles. The van der Waals surface area contributed by atoms with E-state index < -0.39 is 0 Å². The SMILES string of the molecule is CC(C)c1nccn1CCCCc1ccccc1. The molecule has 2 nitrogen and oxygen atoms in total. The Balaban J connectivity index is 1.77. The maximum absolute atomic E-state index is 4.42. The summed E-state index contributed by atoms with van der Waals surface area (Å²) in [5, 5.41) is 0. The number of imidazole rings is 1. The zero-order valence-corrected chi connectivity index (χ0v) is 11.3. The van der Waals surface area contributed by atoms with Crippen LogP contribution in [0.3, 0.4) is 0 Å². The molecule has 0 saturated heterocycles. The van der Waals surface area contributed by atoms with E-state index in [0.29, 0.717) is 5.92 Å². The number of aryl methyl sites for hydroxylation is 2. The van der Waals surface area contributed by atoms with Crippen molar-refractivity contribution >= 4 is 0 Å². The lowest BCUT2D eigenvalue weighted by molar-refractivity contribution is 0.569. The first-order valence-electron chi connectivity index (χ1n) is 6.82. The molecule has 0 aliphatic carbocycles. The van der Waals surface area contributed by atoms with E-state index in [-0.39, 0.29) is 0 Å². The first-order valence-corrected chi connectivity index (χ1v) is 6.82. The van der Waals surface area contributed by atoms with Crippen molar-refractivity contribution in [2.45, 2.75) is 45.6 Å². The number of unbranched alkanes of at least 4 members (excludes halogenated alkanes) is 1. The van der Waals surface area contributed by atoms with E-state index in [4.69, 9.17) is 0 Å². The molecule has 18 heavy (non-hydrogen) atoms. The second-order valence-corrected chi connectivity index (χ2v) is 5.08. The minimum absolute atomic E-state index is 0.508. The van der Waals surface area contributed by atoms with Gasteiger partial charge in [0, 0.05) is 24.9 Å². The second kappa shape index (κ2) is 6.39. The lowest BCUT2D eigenvalue weighted by Crippen LogP contribution is -2.05. The topological polar surface area (TPSA) is 17.8 Å². The molecule has 0 N–H and O–H groups in total. The molecule has 1 heterocycles. The van der Waals surface area contributed by atoms with Crippen LogP contribution in [0.4, 0.5) is 0 Å². The summed E-state index contributed by atoms with van der Waals surface area (Å²) < 4.78 is 2.29. The van der Waals surface area contributed by atoms with Crippen LogP contribution in [-0.4, -0.2) is 9.55 Å². The van der Waals surface area contributed by atoms with Crippen LogP contribution in [-0.2, 0) is 13.0 Å². The minimum Gasteiger partial charge on any atom is -0.335 e. The average molecular weight is 242 g/mol. The number of benzene rings is 1. The summed E-state index contributed by atoms with van der Waals surface area (Å²) in [4.78, 5) is 4.42. The third kappa shape index (κ3) is 3.46. The third-order valence-corrected chi connectivity index (χ3v) is 3.22. The highest BCUT2D eigenvalue weighted by molar-refractivity contribution is 5.14. The first kappa shape index (κ1) is 12.9. The lowest BCUT2D eigenvalue weighted by Gasteiger charge is -2.10. The van der Waals surface area contributed by atoms with Crippen LogP contribution < -0.4 is 0 Å². The van der Waals surface area contributed by atoms with E-state index in [0.717, 1.165) is 6.54 Å². The molecule has 2 rings (SSSR count). The van der Waals surface area contributed by atoms with Gasteiger partial charge >= 0.3 is 0 Å². The van der Waals surface area contributed by atoms with Gasteiger partial charge < -0.3 is 4.57 Å².